The van der Waals surface area contributed by atoms with Crippen molar-refractivity contribution in [2.75, 3.05) is 13.2 Å². The van der Waals surface area contributed by atoms with Crippen molar-refractivity contribution >= 4 is 5.91 Å². The summed E-state index contributed by atoms with van der Waals surface area (Å²) in [6.45, 7) is 2.48. The van der Waals surface area contributed by atoms with Gasteiger partial charge in [0.2, 0.25) is 0 Å². The summed E-state index contributed by atoms with van der Waals surface area (Å²) in [6, 6.07) is 7.16. The number of hydrogen-bond acceptors (Lipinski definition) is 3. The molecule has 0 spiro atoms. The van der Waals surface area contributed by atoms with E-state index >= 15 is 0 Å². The van der Waals surface area contributed by atoms with Gasteiger partial charge in [-0.15, -0.1) is 0 Å². The van der Waals surface area contributed by atoms with Gasteiger partial charge in [-0.25, -0.2) is 0 Å². The lowest BCUT2D eigenvalue weighted by molar-refractivity contribution is -0.120. The molecular formula is C12H16NO3. The van der Waals surface area contributed by atoms with Crippen LogP contribution in [-0.4, -0.2) is 19.1 Å². The first-order valence-corrected chi connectivity index (χ1v) is 5.33. The molecule has 1 aromatic carbocycles. The van der Waals surface area contributed by atoms with Crippen LogP contribution in [0, 0.1) is 0 Å². The Hall–Kier alpha value is -1.71. The Morgan fingerprint density at radius 1 is 1.25 bits per heavy atom. The first kappa shape index (κ1) is 12.4. The van der Waals surface area contributed by atoms with Gasteiger partial charge in [-0.3, -0.25) is 10.5 Å². The van der Waals surface area contributed by atoms with Crippen LogP contribution >= 0.6 is 0 Å². The SMILES string of the molecule is CCCCOc1ccccc1OCC([NH])=O. The van der Waals surface area contributed by atoms with Crippen molar-refractivity contribution in [1.29, 1.82) is 0 Å². The minimum Gasteiger partial charge on any atom is -0.490 e. The monoisotopic (exact) mass is 222 g/mol. The smallest absolute Gasteiger partial charge is 0.276 e. The standard InChI is InChI=1S/C12H16NO3/c1-2-3-8-15-10-6-4-5-7-11(10)16-9-12(13)14/h4-7,13H,2-3,8-9H2,1H3. The summed E-state index contributed by atoms with van der Waals surface area (Å²) < 4.78 is 10.7. The van der Waals surface area contributed by atoms with Crippen LogP contribution in [0.25, 0.3) is 0 Å². The van der Waals surface area contributed by atoms with Crippen LogP contribution in [-0.2, 0) is 4.79 Å². The molecule has 0 bridgehead atoms. The molecule has 16 heavy (non-hydrogen) atoms. The van der Waals surface area contributed by atoms with Crippen LogP contribution in [0.1, 0.15) is 19.8 Å². The summed E-state index contributed by atoms with van der Waals surface area (Å²) in [5.74, 6) is 0.389. The molecule has 0 aromatic heterocycles. The van der Waals surface area contributed by atoms with Crippen molar-refractivity contribution < 1.29 is 14.3 Å². The fourth-order valence-electron chi connectivity index (χ4n) is 1.16. The molecule has 1 rings (SSSR count). The molecule has 1 aromatic rings. The average molecular weight is 222 g/mol. The van der Waals surface area contributed by atoms with E-state index in [-0.39, 0.29) is 6.61 Å². The second kappa shape index (κ2) is 6.71. The van der Waals surface area contributed by atoms with E-state index in [4.69, 9.17) is 15.2 Å². The number of nitrogens with one attached hydrogen (secondary N) is 1. The zero-order valence-corrected chi connectivity index (χ0v) is 9.36. The quantitative estimate of drug-likeness (QED) is 0.663. The number of unbranched alkanes of at least 4 members (excludes halogenated alkanes) is 1. The van der Waals surface area contributed by atoms with Crippen molar-refractivity contribution in [3.05, 3.63) is 24.3 Å². The zero-order chi connectivity index (χ0) is 11.8. The Morgan fingerprint density at radius 2 is 1.88 bits per heavy atom. The maximum Gasteiger partial charge on any atom is 0.276 e. The molecule has 0 aliphatic heterocycles. The molecule has 1 N–H and O–H groups in total. The van der Waals surface area contributed by atoms with Gasteiger partial charge in [0, 0.05) is 0 Å². The van der Waals surface area contributed by atoms with E-state index in [1.54, 1.807) is 18.2 Å². The molecule has 87 valence electrons. The molecule has 0 unspecified atom stereocenters. The number of para-hydroxylation sites is 2. The Balaban J connectivity index is 2.56. The predicted octanol–water partition coefficient (Wildman–Crippen LogP) is 2.05. The number of benzene rings is 1. The van der Waals surface area contributed by atoms with Gasteiger partial charge < -0.3 is 9.47 Å². The molecule has 1 amide bonds. The van der Waals surface area contributed by atoms with E-state index in [2.05, 4.69) is 6.92 Å². The number of carbonyl (C=O) groups excluding carboxylic acids is 1. The Kier molecular flexibility index (Phi) is 5.19. The molecule has 4 nitrogen and oxygen atoms in total. The minimum absolute atomic E-state index is 0.242. The number of hydrogen-bond donors (Lipinski definition) is 0. The first-order chi connectivity index (χ1) is 7.74. The van der Waals surface area contributed by atoms with Crippen molar-refractivity contribution in [2.45, 2.75) is 19.8 Å². The first-order valence-electron chi connectivity index (χ1n) is 5.33. The van der Waals surface area contributed by atoms with Crippen molar-refractivity contribution in [3.63, 3.8) is 0 Å². The number of amides is 1. The molecule has 0 heterocycles. The van der Waals surface area contributed by atoms with Crippen LogP contribution in [0.15, 0.2) is 24.3 Å². The summed E-state index contributed by atoms with van der Waals surface area (Å²) in [7, 11) is 0. The minimum atomic E-state index is -0.747. The maximum atomic E-state index is 10.5. The Labute approximate surface area is 95.3 Å². The second-order valence-electron chi connectivity index (χ2n) is 3.36. The molecule has 0 saturated carbocycles. The second-order valence-corrected chi connectivity index (χ2v) is 3.36. The number of rotatable bonds is 7. The lowest BCUT2D eigenvalue weighted by Crippen LogP contribution is -2.12. The van der Waals surface area contributed by atoms with Crippen LogP contribution in [0.3, 0.4) is 0 Å². The lowest BCUT2D eigenvalue weighted by Gasteiger charge is -2.10. The summed E-state index contributed by atoms with van der Waals surface area (Å²) >= 11 is 0. The lowest BCUT2D eigenvalue weighted by atomic mass is 10.3. The van der Waals surface area contributed by atoms with E-state index in [9.17, 15) is 4.79 Å². The summed E-state index contributed by atoms with van der Waals surface area (Å²) in [5, 5.41) is 0. The molecule has 0 aliphatic rings. The third-order valence-electron chi connectivity index (χ3n) is 1.96. The van der Waals surface area contributed by atoms with Crippen LogP contribution in [0.4, 0.5) is 0 Å². The fourth-order valence-corrected chi connectivity index (χ4v) is 1.16. The Morgan fingerprint density at radius 3 is 2.44 bits per heavy atom. The van der Waals surface area contributed by atoms with Gasteiger partial charge in [0.15, 0.2) is 18.1 Å². The van der Waals surface area contributed by atoms with Gasteiger partial charge >= 0.3 is 0 Å². The topological polar surface area (TPSA) is 59.3 Å². The number of carbonyl (C=O) groups is 1. The van der Waals surface area contributed by atoms with Gasteiger partial charge in [0.25, 0.3) is 5.91 Å². The third-order valence-corrected chi connectivity index (χ3v) is 1.96. The van der Waals surface area contributed by atoms with Crippen LogP contribution in [0.2, 0.25) is 0 Å². The Bertz CT molecular complexity index is 339. The average Bonchev–Trinajstić information content (AvgIpc) is 2.28. The van der Waals surface area contributed by atoms with Crippen molar-refractivity contribution in [1.82, 2.24) is 5.73 Å². The largest absolute Gasteiger partial charge is 0.490 e. The van der Waals surface area contributed by atoms with Gasteiger partial charge in [-0.05, 0) is 18.6 Å². The van der Waals surface area contributed by atoms with Crippen molar-refractivity contribution in [2.24, 2.45) is 0 Å². The van der Waals surface area contributed by atoms with Gasteiger partial charge in [-0.1, -0.05) is 25.5 Å². The maximum absolute atomic E-state index is 10.5. The fraction of sp³-hybridized carbons (Fsp3) is 0.417. The highest BCUT2D eigenvalue weighted by molar-refractivity contribution is 5.74. The predicted molar refractivity (Wildman–Crippen MR) is 60.4 cm³/mol. The molecular weight excluding hydrogens is 206 g/mol. The molecule has 0 aliphatic carbocycles. The van der Waals surface area contributed by atoms with E-state index in [0.717, 1.165) is 12.8 Å². The molecule has 1 radical (unpaired) electrons. The van der Waals surface area contributed by atoms with Gasteiger partial charge in [0.05, 0.1) is 6.61 Å². The van der Waals surface area contributed by atoms with Crippen LogP contribution in [0.5, 0.6) is 11.5 Å². The molecule has 0 fully saturated rings. The summed E-state index contributed by atoms with van der Waals surface area (Å²) in [5.41, 5.74) is 6.76. The highest BCUT2D eigenvalue weighted by Gasteiger charge is 2.05. The van der Waals surface area contributed by atoms with Crippen molar-refractivity contribution in [3.8, 4) is 11.5 Å². The van der Waals surface area contributed by atoms with E-state index in [0.29, 0.717) is 18.1 Å². The van der Waals surface area contributed by atoms with Crippen LogP contribution < -0.4 is 15.2 Å². The molecule has 0 atom stereocenters. The summed E-state index contributed by atoms with van der Waals surface area (Å²) in [6.07, 6.45) is 2.04. The molecule has 0 saturated heterocycles. The molecule has 4 heteroatoms. The zero-order valence-electron chi connectivity index (χ0n) is 9.36. The van der Waals surface area contributed by atoms with Gasteiger partial charge in [-0.2, -0.15) is 0 Å². The highest BCUT2D eigenvalue weighted by atomic mass is 16.5. The van der Waals surface area contributed by atoms with E-state index in [1.165, 1.54) is 0 Å². The number of ether oxygens (including phenoxy) is 2. The normalized spacial score (nSPS) is 9.81. The summed E-state index contributed by atoms with van der Waals surface area (Å²) in [4.78, 5) is 10.5. The highest BCUT2D eigenvalue weighted by Crippen LogP contribution is 2.26. The third kappa shape index (κ3) is 4.21. The van der Waals surface area contributed by atoms with E-state index < -0.39 is 5.91 Å². The van der Waals surface area contributed by atoms with E-state index in [1.807, 2.05) is 6.07 Å². The van der Waals surface area contributed by atoms with Gasteiger partial charge in [0.1, 0.15) is 0 Å².